The summed E-state index contributed by atoms with van der Waals surface area (Å²) in [4.78, 5) is 38.1. The highest BCUT2D eigenvalue weighted by molar-refractivity contribution is 5.94. The van der Waals surface area contributed by atoms with Crippen LogP contribution in [-0.4, -0.2) is 72.5 Å². The van der Waals surface area contributed by atoms with E-state index in [1.165, 1.54) is 0 Å². The molecule has 8 heteroatoms. The largest absolute Gasteiger partial charge is 0.352 e. The van der Waals surface area contributed by atoms with E-state index in [1.54, 1.807) is 0 Å². The standard InChI is InChI=1S/C13H23N5O3/c1-9(12(20)15-10-2-3-10)18-6-4-17(5-7-18)8-11(19)16-13(14)21/h9-10H,2-8H2,1H3,(H,15,20)(H3,14,16,19,21). The van der Waals surface area contributed by atoms with Crippen molar-refractivity contribution in [3.05, 3.63) is 0 Å². The minimum absolute atomic E-state index is 0.0809. The molecule has 8 nitrogen and oxygen atoms in total. The van der Waals surface area contributed by atoms with Crippen molar-refractivity contribution in [3.63, 3.8) is 0 Å². The summed E-state index contributed by atoms with van der Waals surface area (Å²) in [5.74, 6) is -0.312. The molecule has 1 saturated carbocycles. The fourth-order valence-corrected chi connectivity index (χ4v) is 2.40. The fraction of sp³-hybridized carbons (Fsp3) is 0.769. The highest BCUT2D eigenvalue weighted by Gasteiger charge is 2.30. The van der Waals surface area contributed by atoms with E-state index in [9.17, 15) is 14.4 Å². The summed E-state index contributed by atoms with van der Waals surface area (Å²) in [6.45, 7) is 4.89. The average molecular weight is 297 g/mol. The third-order valence-corrected chi connectivity index (χ3v) is 3.89. The zero-order valence-electron chi connectivity index (χ0n) is 12.3. The Hall–Kier alpha value is -1.67. The molecule has 118 valence electrons. The van der Waals surface area contributed by atoms with Crippen LogP contribution in [0.25, 0.3) is 0 Å². The molecule has 1 heterocycles. The molecule has 0 aromatic heterocycles. The van der Waals surface area contributed by atoms with E-state index in [2.05, 4.69) is 15.5 Å². The van der Waals surface area contributed by atoms with Crippen LogP contribution < -0.4 is 16.4 Å². The minimum atomic E-state index is -0.830. The molecule has 1 atom stereocenters. The van der Waals surface area contributed by atoms with Crippen LogP contribution in [0.3, 0.4) is 0 Å². The lowest BCUT2D eigenvalue weighted by Gasteiger charge is -2.37. The van der Waals surface area contributed by atoms with E-state index < -0.39 is 11.9 Å². The van der Waals surface area contributed by atoms with Crippen molar-refractivity contribution < 1.29 is 14.4 Å². The van der Waals surface area contributed by atoms with Gasteiger partial charge in [0, 0.05) is 32.2 Å². The van der Waals surface area contributed by atoms with E-state index in [1.807, 2.05) is 11.8 Å². The average Bonchev–Trinajstić information content (AvgIpc) is 3.21. The van der Waals surface area contributed by atoms with Gasteiger partial charge in [-0.05, 0) is 19.8 Å². The number of amides is 4. The molecule has 1 aliphatic carbocycles. The zero-order valence-corrected chi connectivity index (χ0v) is 12.3. The third-order valence-electron chi connectivity index (χ3n) is 3.89. The number of hydrogen-bond donors (Lipinski definition) is 3. The van der Waals surface area contributed by atoms with E-state index >= 15 is 0 Å². The first-order valence-corrected chi connectivity index (χ1v) is 7.32. The Balaban J connectivity index is 1.70. The summed E-state index contributed by atoms with van der Waals surface area (Å²) in [5, 5.41) is 5.06. The van der Waals surface area contributed by atoms with Crippen LogP contribution in [0, 0.1) is 0 Å². The Bertz CT molecular complexity index is 416. The number of carbonyl (C=O) groups is 3. The monoisotopic (exact) mass is 297 g/mol. The van der Waals surface area contributed by atoms with Gasteiger partial charge in [0.05, 0.1) is 12.6 Å². The lowest BCUT2D eigenvalue weighted by atomic mass is 10.2. The molecule has 1 aliphatic heterocycles. The molecule has 4 amide bonds. The van der Waals surface area contributed by atoms with Crippen molar-refractivity contribution in [2.24, 2.45) is 5.73 Å². The quantitative estimate of drug-likeness (QED) is 0.570. The number of primary amides is 1. The number of urea groups is 1. The van der Waals surface area contributed by atoms with Crippen molar-refractivity contribution in [2.45, 2.75) is 31.8 Å². The van der Waals surface area contributed by atoms with Crippen molar-refractivity contribution in [2.75, 3.05) is 32.7 Å². The number of piperazine rings is 1. The summed E-state index contributed by atoms with van der Waals surface area (Å²) >= 11 is 0. The first kappa shape index (κ1) is 15.7. The van der Waals surface area contributed by atoms with Gasteiger partial charge in [-0.3, -0.25) is 24.7 Å². The molecule has 1 saturated heterocycles. The zero-order chi connectivity index (χ0) is 15.4. The second-order valence-corrected chi connectivity index (χ2v) is 5.68. The summed E-state index contributed by atoms with van der Waals surface area (Å²) in [7, 11) is 0. The molecule has 2 rings (SSSR count). The van der Waals surface area contributed by atoms with Gasteiger partial charge in [-0.25, -0.2) is 4.79 Å². The maximum atomic E-state index is 12.0. The van der Waals surface area contributed by atoms with Gasteiger partial charge < -0.3 is 11.1 Å². The summed E-state index contributed by atoms with van der Waals surface area (Å²) in [5.41, 5.74) is 4.90. The van der Waals surface area contributed by atoms with Crippen LogP contribution in [-0.2, 0) is 9.59 Å². The Morgan fingerprint density at radius 3 is 2.33 bits per heavy atom. The molecule has 0 radical (unpaired) electrons. The molecule has 4 N–H and O–H groups in total. The highest BCUT2D eigenvalue weighted by Crippen LogP contribution is 2.19. The lowest BCUT2D eigenvalue weighted by molar-refractivity contribution is -0.127. The molecule has 0 spiro atoms. The number of carbonyl (C=O) groups excluding carboxylic acids is 3. The number of hydrogen-bond acceptors (Lipinski definition) is 5. The highest BCUT2D eigenvalue weighted by atomic mass is 16.2. The van der Waals surface area contributed by atoms with Gasteiger partial charge in [-0.15, -0.1) is 0 Å². The SMILES string of the molecule is CC(C(=O)NC1CC1)N1CCN(CC(=O)NC(N)=O)CC1. The van der Waals surface area contributed by atoms with E-state index in [0.29, 0.717) is 19.1 Å². The first-order valence-electron chi connectivity index (χ1n) is 7.32. The molecular formula is C13H23N5O3. The van der Waals surface area contributed by atoms with Crippen LogP contribution in [0.5, 0.6) is 0 Å². The molecule has 2 aliphatic rings. The maximum Gasteiger partial charge on any atom is 0.318 e. The smallest absolute Gasteiger partial charge is 0.318 e. The van der Waals surface area contributed by atoms with Gasteiger partial charge in [0.2, 0.25) is 11.8 Å². The number of imide groups is 1. The second kappa shape index (κ2) is 6.86. The van der Waals surface area contributed by atoms with Crippen LogP contribution in [0.2, 0.25) is 0 Å². The molecular weight excluding hydrogens is 274 g/mol. The van der Waals surface area contributed by atoms with E-state index in [-0.39, 0.29) is 18.5 Å². The topological polar surface area (TPSA) is 108 Å². The van der Waals surface area contributed by atoms with Crippen LogP contribution in [0.15, 0.2) is 0 Å². The van der Waals surface area contributed by atoms with E-state index in [0.717, 1.165) is 25.9 Å². The van der Waals surface area contributed by atoms with Crippen LogP contribution in [0.1, 0.15) is 19.8 Å². The predicted molar refractivity (Wildman–Crippen MR) is 76.4 cm³/mol. The molecule has 21 heavy (non-hydrogen) atoms. The Kier molecular flexibility index (Phi) is 5.13. The summed E-state index contributed by atoms with van der Waals surface area (Å²) in [6, 6.07) is -0.602. The fourth-order valence-electron chi connectivity index (χ4n) is 2.40. The summed E-state index contributed by atoms with van der Waals surface area (Å²) in [6.07, 6.45) is 2.17. The van der Waals surface area contributed by atoms with Gasteiger partial charge in [0.25, 0.3) is 0 Å². The number of nitrogens with zero attached hydrogens (tertiary/aromatic N) is 2. The van der Waals surface area contributed by atoms with Gasteiger partial charge >= 0.3 is 6.03 Å². The molecule has 0 aromatic rings. The van der Waals surface area contributed by atoms with E-state index in [4.69, 9.17) is 5.73 Å². The summed E-state index contributed by atoms with van der Waals surface area (Å²) < 4.78 is 0. The Labute approximate surface area is 124 Å². The number of rotatable bonds is 5. The molecule has 1 unspecified atom stereocenters. The van der Waals surface area contributed by atoms with Gasteiger partial charge in [0.15, 0.2) is 0 Å². The Morgan fingerprint density at radius 1 is 1.19 bits per heavy atom. The van der Waals surface area contributed by atoms with Crippen molar-refractivity contribution in [3.8, 4) is 0 Å². The second-order valence-electron chi connectivity index (χ2n) is 5.68. The normalized spacial score (nSPS) is 21.6. The van der Waals surface area contributed by atoms with Gasteiger partial charge in [0.1, 0.15) is 0 Å². The minimum Gasteiger partial charge on any atom is -0.352 e. The third kappa shape index (κ3) is 4.98. The number of nitrogens with one attached hydrogen (secondary N) is 2. The number of nitrogens with two attached hydrogens (primary N) is 1. The molecule has 0 bridgehead atoms. The van der Waals surface area contributed by atoms with Crippen molar-refractivity contribution >= 4 is 17.8 Å². The Morgan fingerprint density at radius 2 is 1.81 bits per heavy atom. The maximum absolute atomic E-state index is 12.0. The van der Waals surface area contributed by atoms with Crippen LogP contribution >= 0.6 is 0 Å². The van der Waals surface area contributed by atoms with Gasteiger partial charge in [-0.1, -0.05) is 0 Å². The first-order chi connectivity index (χ1) is 9.95. The van der Waals surface area contributed by atoms with Crippen LogP contribution in [0.4, 0.5) is 4.79 Å². The van der Waals surface area contributed by atoms with Crippen molar-refractivity contribution in [1.29, 1.82) is 0 Å². The predicted octanol–water partition coefficient (Wildman–Crippen LogP) is -1.53. The molecule has 0 aromatic carbocycles. The van der Waals surface area contributed by atoms with Crippen molar-refractivity contribution in [1.82, 2.24) is 20.4 Å². The van der Waals surface area contributed by atoms with Gasteiger partial charge in [-0.2, -0.15) is 0 Å². The molecule has 2 fully saturated rings. The lowest BCUT2D eigenvalue weighted by Crippen LogP contribution is -2.55.